The van der Waals surface area contributed by atoms with E-state index in [1.54, 1.807) is 32.1 Å². The predicted molar refractivity (Wildman–Crippen MR) is 60.1 cm³/mol. The summed E-state index contributed by atoms with van der Waals surface area (Å²) >= 11 is 0. The van der Waals surface area contributed by atoms with Crippen LogP contribution >= 0.6 is 0 Å². The Kier molecular flexibility index (Phi) is 1.83. The molecule has 80 valence electrons. The molecule has 0 nitrogen and oxygen atoms in total. The van der Waals surface area contributed by atoms with Crippen LogP contribution in [0.15, 0.2) is 0 Å². The first-order valence-corrected chi connectivity index (χ1v) is 6.64. The van der Waals surface area contributed by atoms with Crippen LogP contribution in [0.5, 0.6) is 0 Å². The molecule has 0 heteroatoms. The predicted octanol–water partition coefficient (Wildman–Crippen LogP) is 4.39. The molecule has 2 bridgehead atoms. The van der Waals surface area contributed by atoms with E-state index in [-0.39, 0.29) is 0 Å². The lowest BCUT2D eigenvalue weighted by molar-refractivity contribution is 0.0248. The van der Waals surface area contributed by atoms with Gasteiger partial charge in [-0.05, 0) is 61.2 Å². The van der Waals surface area contributed by atoms with Crippen LogP contribution in [-0.4, -0.2) is 0 Å². The van der Waals surface area contributed by atoms with Crippen LogP contribution < -0.4 is 0 Å². The van der Waals surface area contributed by atoms with Gasteiger partial charge in [0.25, 0.3) is 0 Å². The van der Waals surface area contributed by atoms with Crippen LogP contribution in [0.3, 0.4) is 0 Å². The molecule has 0 spiro atoms. The highest BCUT2D eigenvalue weighted by Gasteiger charge is 2.58. The van der Waals surface area contributed by atoms with Crippen LogP contribution in [0.2, 0.25) is 0 Å². The molecule has 0 aliphatic heterocycles. The van der Waals surface area contributed by atoms with Crippen molar-refractivity contribution in [1.29, 1.82) is 0 Å². The Labute approximate surface area is 88.5 Å². The maximum atomic E-state index is 2.63. The van der Waals surface area contributed by atoms with E-state index < -0.39 is 0 Å². The third-order valence-electron chi connectivity index (χ3n) is 6.19. The van der Waals surface area contributed by atoms with Gasteiger partial charge < -0.3 is 0 Å². The summed E-state index contributed by atoms with van der Waals surface area (Å²) in [5, 5.41) is 0. The quantitative estimate of drug-likeness (QED) is 0.578. The maximum absolute atomic E-state index is 2.63. The fourth-order valence-corrected chi connectivity index (χ4v) is 5.13. The molecule has 0 saturated heterocycles. The van der Waals surface area contributed by atoms with Crippen LogP contribution in [0.4, 0.5) is 0 Å². The fraction of sp³-hybridized carbons (Fsp3) is 1.00. The van der Waals surface area contributed by atoms with Gasteiger partial charge in [-0.1, -0.05) is 26.7 Å². The van der Waals surface area contributed by atoms with E-state index in [9.17, 15) is 0 Å². The molecule has 14 heavy (non-hydrogen) atoms. The zero-order valence-corrected chi connectivity index (χ0v) is 9.81. The highest BCUT2D eigenvalue weighted by Crippen LogP contribution is 2.68. The molecule has 3 rings (SSSR count). The third-order valence-corrected chi connectivity index (χ3v) is 6.19. The van der Waals surface area contributed by atoms with Crippen molar-refractivity contribution in [3.63, 3.8) is 0 Å². The van der Waals surface area contributed by atoms with Crippen molar-refractivity contribution in [3.05, 3.63) is 0 Å². The Hall–Kier alpha value is 0. The standard InChI is InChI=1S/C14H24/c1-13-8-7-11(9-13)10-14(13,2)12-5-3-4-6-12/h11-12H,3-10H2,1-2H3. The molecule has 0 aromatic heterocycles. The van der Waals surface area contributed by atoms with E-state index in [0.717, 1.165) is 22.7 Å². The zero-order chi connectivity index (χ0) is 9.81. The van der Waals surface area contributed by atoms with E-state index in [1.165, 1.54) is 19.3 Å². The smallest absolute Gasteiger partial charge is 0.0241 e. The Morgan fingerprint density at radius 1 is 0.929 bits per heavy atom. The molecule has 0 amide bonds. The first kappa shape index (κ1) is 9.24. The average Bonchev–Trinajstić information content (AvgIpc) is 2.76. The van der Waals surface area contributed by atoms with Crippen LogP contribution in [0.25, 0.3) is 0 Å². The fourth-order valence-electron chi connectivity index (χ4n) is 5.13. The molecule has 3 aliphatic carbocycles. The Morgan fingerprint density at radius 3 is 2.14 bits per heavy atom. The van der Waals surface area contributed by atoms with Crippen molar-refractivity contribution < 1.29 is 0 Å². The van der Waals surface area contributed by atoms with Gasteiger partial charge in [-0.3, -0.25) is 0 Å². The summed E-state index contributed by atoms with van der Waals surface area (Å²) in [7, 11) is 0. The second kappa shape index (κ2) is 2.77. The number of hydrogen-bond donors (Lipinski definition) is 0. The topological polar surface area (TPSA) is 0 Å². The summed E-state index contributed by atoms with van der Waals surface area (Å²) in [6, 6.07) is 0. The summed E-state index contributed by atoms with van der Waals surface area (Å²) in [5.74, 6) is 2.18. The molecule has 0 radical (unpaired) electrons. The van der Waals surface area contributed by atoms with Gasteiger partial charge in [-0.25, -0.2) is 0 Å². The molecule has 3 aliphatic rings. The van der Waals surface area contributed by atoms with Crippen LogP contribution in [-0.2, 0) is 0 Å². The number of rotatable bonds is 1. The first-order valence-electron chi connectivity index (χ1n) is 6.64. The van der Waals surface area contributed by atoms with Gasteiger partial charge in [0.05, 0.1) is 0 Å². The minimum Gasteiger partial charge on any atom is -0.0591 e. The summed E-state index contributed by atoms with van der Waals surface area (Å²) in [4.78, 5) is 0. The molecule has 3 saturated carbocycles. The van der Waals surface area contributed by atoms with Crippen LogP contribution in [0.1, 0.15) is 65.2 Å². The van der Waals surface area contributed by atoms with Gasteiger partial charge in [-0.2, -0.15) is 0 Å². The lowest BCUT2D eigenvalue weighted by atomic mass is 9.58. The highest BCUT2D eigenvalue weighted by atomic mass is 14.6. The molecule has 3 atom stereocenters. The van der Waals surface area contributed by atoms with Gasteiger partial charge in [0.1, 0.15) is 0 Å². The SMILES string of the molecule is CC12CCC(C1)CC2(C)C1CCCC1. The first-order chi connectivity index (χ1) is 6.64. The second-order valence-corrected chi connectivity index (χ2v) is 6.77. The largest absolute Gasteiger partial charge is 0.0591 e. The van der Waals surface area contributed by atoms with E-state index in [2.05, 4.69) is 13.8 Å². The van der Waals surface area contributed by atoms with E-state index in [1.807, 2.05) is 0 Å². The second-order valence-electron chi connectivity index (χ2n) is 6.77. The number of fused-ring (bicyclic) bond motifs is 2. The van der Waals surface area contributed by atoms with Gasteiger partial charge in [-0.15, -0.1) is 0 Å². The monoisotopic (exact) mass is 192 g/mol. The Balaban J connectivity index is 1.89. The van der Waals surface area contributed by atoms with E-state index in [0.29, 0.717) is 0 Å². The van der Waals surface area contributed by atoms with Gasteiger partial charge in [0, 0.05) is 0 Å². The average molecular weight is 192 g/mol. The van der Waals surface area contributed by atoms with E-state index in [4.69, 9.17) is 0 Å². The molecule has 0 aromatic rings. The molecular formula is C14H24. The Bertz CT molecular complexity index is 238. The van der Waals surface area contributed by atoms with Crippen molar-refractivity contribution >= 4 is 0 Å². The van der Waals surface area contributed by atoms with E-state index >= 15 is 0 Å². The van der Waals surface area contributed by atoms with Crippen LogP contribution in [0, 0.1) is 22.7 Å². The molecule has 0 heterocycles. The molecule has 3 fully saturated rings. The minimum absolute atomic E-state index is 0.729. The lowest BCUT2D eigenvalue weighted by Gasteiger charge is -2.47. The lowest BCUT2D eigenvalue weighted by Crippen LogP contribution is -2.38. The van der Waals surface area contributed by atoms with Gasteiger partial charge >= 0.3 is 0 Å². The normalized spacial score (nSPS) is 53.1. The third kappa shape index (κ3) is 1.01. The summed E-state index contributed by atoms with van der Waals surface area (Å²) in [6.07, 6.45) is 12.3. The maximum Gasteiger partial charge on any atom is -0.0241 e. The van der Waals surface area contributed by atoms with Crippen molar-refractivity contribution in [3.8, 4) is 0 Å². The summed E-state index contributed by atoms with van der Waals surface area (Å²) in [5.41, 5.74) is 1.46. The molecule has 3 unspecified atom stereocenters. The number of hydrogen-bond acceptors (Lipinski definition) is 0. The summed E-state index contributed by atoms with van der Waals surface area (Å²) in [6.45, 7) is 5.22. The van der Waals surface area contributed by atoms with Crippen molar-refractivity contribution in [2.24, 2.45) is 22.7 Å². The van der Waals surface area contributed by atoms with Gasteiger partial charge in [0.15, 0.2) is 0 Å². The Morgan fingerprint density at radius 2 is 1.64 bits per heavy atom. The molecule has 0 N–H and O–H groups in total. The minimum atomic E-state index is 0.729. The van der Waals surface area contributed by atoms with Gasteiger partial charge in [0.2, 0.25) is 0 Å². The van der Waals surface area contributed by atoms with Crippen molar-refractivity contribution in [2.45, 2.75) is 65.2 Å². The summed E-state index contributed by atoms with van der Waals surface area (Å²) < 4.78 is 0. The highest BCUT2D eigenvalue weighted by molar-refractivity contribution is 5.08. The zero-order valence-electron chi connectivity index (χ0n) is 9.81. The molecular weight excluding hydrogens is 168 g/mol. The molecule has 0 aromatic carbocycles. The van der Waals surface area contributed by atoms with Crippen molar-refractivity contribution in [1.82, 2.24) is 0 Å². The van der Waals surface area contributed by atoms with Crippen molar-refractivity contribution in [2.75, 3.05) is 0 Å².